The van der Waals surface area contributed by atoms with Crippen molar-refractivity contribution in [2.75, 3.05) is 29.9 Å². The minimum absolute atomic E-state index is 0.452. The lowest BCUT2D eigenvalue weighted by Gasteiger charge is -2.21. The Balaban J connectivity index is 2.07. The Morgan fingerprint density at radius 3 is 2.76 bits per heavy atom. The summed E-state index contributed by atoms with van der Waals surface area (Å²) in [5.41, 5.74) is 3.65. The lowest BCUT2D eigenvalue weighted by Crippen LogP contribution is -2.19. The molecule has 1 aromatic rings. The molecule has 0 bridgehead atoms. The van der Waals surface area contributed by atoms with Crippen LogP contribution in [0.15, 0.2) is 12.1 Å². The molecule has 2 heterocycles. The summed E-state index contributed by atoms with van der Waals surface area (Å²) < 4.78 is 0. The van der Waals surface area contributed by atoms with E-state index in [2.05, 4.69) is 10.2 Å². The number of nitrogens with zero attached hydrogens (tertiary/aromatic N) is 1. The van der Waals surface area contributed by atoms with Crippen molar-refractivity contribution in [2.45, 2.75) is 19.3 Å². The summed E-state index contributed by atoms with van der Waals surface area (Å²) >= 11 is 0. The molecule has 0 radical (unpaired) electrons. The minimum atomic E-state index is -0.821. The van der Waals surface area contributed by atoms with Gasteiger partial charge in [-0.1, -0.05) is 0 Å². The number of benzene rings is 1. The van der Waals surface area contributed by atoms with E-state index in [1.807, 2.05) is 6.07 Å². The molecule has 0 aromatic heterocycles. The van der Waals surface area contributed by atoms with Crippen LogP contribution in [0.3, 0.4) is 0 Å². The van der Waals surface area contributed by atoms with Crippen molar-refractivity contribution in [3.05, 3.63) is 23.3 Å². The normalized spacial score (nSPS) is 18.0. The van der Waals surface area contributed by atoms with E-state index in [-0.39, 0.29) is 0 Å². The first-order valence-electron chi connectivity index (χ1n) is 6.15. The number of carboxylic acids is 1. The van der Waals surface area contributed by atoms with Crippen molar-refractivity contribution in [1.82, 2.24) is 0 Å². The summed E-state index contributed by atoms with van der Waals surface area (Å²) in [7, 11) is 0. The van der Waals surface area contributed by atoms with Gasteiger partial charge in [0.15, 0.2) is 0 Å². The van der Waals surface area contributed by atoms with Gasteiger partial charge in [0.25, 0.3) is 0 Å². The summed E-state index contributed by atoms with van der Waals surface area (Å²) in [6.45, 7) is 3.02. The van der Waals surface area contributed by atoms with Gasteiger partial charge in [-0.25, -0.2) is 4.79 Å². The number of nitrogens with one attached hydrogen (secondary N) is 1. The lowest BCUT2D eigenvalue weighted by atomic mass is 10.0. The highest BCUT2D eigenvalue weighted by Gasteiger charge is 2.24. The molecule has 0 saturated carbocycles. The lowest BCUT2D eigenvalue weighted by molar-refractivity contribution is 0.0696. The Morgan fingerprint density at radius 1 is 1.29 bits per heavy atom. The molecule has 0 atom stereocenters. The number of aromatic carboxylic acids is 1. The first kappa shape index (κ1) is 10.4. The highest BCUT2D eigenvalue weighted by Crippen LogP contribution is 2.37. The summed E-state index contributed by atoms with van der Waals surface area (Å²) in [4.78, 5) is 13.5. The van der Waals surface area contributed by atoms with Gasteiger partial charge in [0.2, 0.25) is 0 Å². The predicted octanol–water partition coefficient (Wildman–Crippen LogP) is 1.95. The van der Waals surface area contributed by atoms with E-state index in [0.29, 0.717) is 5.56 Å². The summed E-state index contributed by atoms with van der Waals surface area (Å²) in [5, 5.41) is 12.5. The maximum atomic E-state index is 11.2. The number of hydrogen-bond donors (Lipinski definition) is 2. The smallest absolute Gasteiger partial charge is 0.336 e. The van der Waals surface area contributed by atoms with Crippen molar-refractivity contribution in [3.63, 3.8) is 0 Å². The molecule has 2 aliphatic heterocycles. The average molecular weight is 232 g/mol. The molecule has 2 N–H and O–H groups in total. The van der Waals surface area contributed by atoms with Crippen molar-refractivity contribution in [2.24, 2.45) is 0 Å². The second-order valence-electron chi connectivity index (χ2n) is 4.66. The fraction of sp³-hybridized carbons (Fsp3) is 0.462. The van der Waals surface area contributed by atoms with Gasteiger partial charge in [0.05, 0.1) is 16.9 Å². The van der Waals surface area contributed by atoms with Crippen LogP contribution in [0.4, 0.5) is 11.4 Å². The first-order chi connectivity index (χ1) is 8.27. The largest absolute Gasteiger partial charge is 0.478 e. The molecular weight excluding hydrogens is 216 g/mol. The third-order valence-corrected chi connectivity index (χ3v) is 3.64. The van der Waals surface area contributed by atoms with E-state index in [1.165, 1.54) is 18.5 Å². The van der Waals surface area contributed by atoms with E-state index >= 15 is 0 Å². The molecule has 1 fully saturated rings. The number of anilines is 2. The zero-order chi connectivity index (χ0) is 11.8. The molecule has 0 aliphatic carbocycles. The Bertz CT molecular complexity index is 465. The van der Waals surface area contributed by atoms with E-state index in [0.717, 1.165) is 37.3 Å². The van der Waals surface area contributed by atoms with E-state index < -0.39 is 5.97 Å². The van der Waals surface area contributed by atoms with Gasteiger partial charge in [0.1, 0.15) is 0 Å². The fourth-order valence-corrected chi connectivity index (χ4v) is 2.83. The topological polar surface area (TPSA) is 52.6 Å². The molecule has 4 heteroatoms. The van der Waals surface area contributed by atoms with Gasteiger partial charge in [-0.3, -0.25) is 0 Å². The fourth-order valence-electron chi connectivity index (χ4n) is 2.83. The quantitative estimate of drug-likeness (QED) is 0.818. The second kappa shape index (κ2) is 3.95. The van der Waals surface area contributed by atoms with Gasteiger partial charge in [0, 0.05) is 19.6 Å². The highest BCUT2D eigenvalue weighted by molar-refractivity contribution is 5.94. The van der Waals surface area contributed by atoms with E-state index in [1.54, 1.807) is 6.07 Å². The number of carboxylic acid groups (broad SMARTS) is 1. The van der Waals surface area contributed by atoms with Crippen LogP contribution >= 0.6 is 0 Å². The molecule has 90 valence electrons. The number of hydrogen-bond acceptors (Lipinski definition) is 3. The summed E-state index contributed by atoms with van der Waals surface area (Å²) in [6, 6.07) is 3.70. The summed E-state index contributed by atoms with van der Waals surface area (Å²) in [6.07, 6.45) is 3.28. The molecule has 1 saturated heterocycles. The van der Waals surface area contributed by atoms with Gasteiger partial charge < -0.3 is 15.3 Å². The van der Waals surface area contributed by atoms with Crippen LogP contribution in [-0.2, 0) is 6.42 Å². The van der Waals surface area contributed by atoms with Crippen LogP contribution in [0.2, 0.25) is 0 Å². The van der Waals surface area contributed by atoms with Gasteiger partial charge in [-0.15, -0.1) is 0 Å². The Morgan fingerprint density at radius 2 is 2.06 bits per heavy atom. The van der Waals surface area contributed by atoms with Crippen LogP contribution in [0.25, 0.3) is 0 Å². The van der Waals surface area contributed by atoms with Gasteiger partial charge in [-0.05, 0) is 37.0 Å². The van der Waals surface area contributed by atoms with Crippen LogP contribution in [0, 0.1) is 0 Å². The second-order valence-corrected chi connectivity index (χ2v) is 4.66. The van der Waals surface area contributed by atoms with Crippen LogP contribution in [0.5, 0.6) is 0 Å². The first-order valence-corrected chi connectivity index (χ1v) is 6.15. The predicted molar refractivity (Wildman–Crippen MR) is 67.0 cm³/mol. The number of carbonyl (C=O) groups is 1. The molecule has 2 aliphatic rings. The molecule has 0 unspecified atom stereocenters. The zero-order valence-corrected chi connectivity index (χ0v) is 9.70. The minimum Gasteiger partial charge on any atom is -0.478 e. The van der Waals surface area contributed by atoms with Crippen LogP contribution in [0.1, 0.15) is 28.8 Å². The molecule has 4 nitrogen and oxygen atoms in total. The molecular formula is C13H16N2O2. The third kappa shape index (κ3) is 1.64. The van der Waals surface area contributed by atoms with Gasteiger partial charge >= 0.3 is 5.97 Å². The van der Waals surface area contributed by atoms with Crippen LogP contribution < -0.4 is 10.2 Å². The molecule has 0 spiro atoms. The van der Waals surface area contributed by atoms with Crippen molar-refractivity contribution in [3.8, 4) is 0 Å². The van der Waals surface area contributed by atoms with Crippen LogP contribution in [-0.4, -0.2) is 30.7 Å². The maximum Gasteiger partial charge on any atom is 0.336 e. The molecule has 17 heavy (non-hydrogen) atoms. The Hall–Kier alpha value is -1.71. The Labute approximate surface area is 100 Å². The Kier molecular flexibility index (Phi) is 2.42. The monoisotopic (exact) mass is 232 g/mol. The third-order valence-electron chi connectivity index (χ3n) is 3.64. The SMILES string of the molecule is O=C(O)c1ccc(N2CCCC2)c2c1CCN2. The van der Waals surface area contributed by atoms with Gasteiger partial charge in [-0.2, -0.15) is 0 Å². The number of fused-ring (bicyclic) bond motifs is 1. The highest BCUT2D eigenvalue weighted by atomic mass is 16.4. The standard InChI is InChI=1S/C13H16N2O2/c16-13(17)10-3-4-11(15-7-1-2-8-15)12-9(10)5-6-14-12/h3-4,14H,1-2,5-8H2,(H,16,17). The molecule has 0 amide bonds. The molecule has 3 rings (SSSR count). The van der Waals surface area contributed by atoms with Crippen molar-refractivity contribution in [1.29, 1.82) is 0 Å². The van der Waals surface area contributed by atoms with E-state index in [4.69, 9.17) is 5.11 Å². The van der Waals surface area contributed by atoms with E-state index in [9.17, 15) is 4.79 Å². The van der Waals surface area contributed by atoms with Crippen molar-refractivity contribution >= 4 is 17.3 Å². The zero-order valence-electron chi connectivity index (χ0n) is 9.70. The summed E-state index contributed by atoms with van der Waals surface area (Å²) in [5.74, 6) is -0.821. The maximum absolute atomic E-state index is 11.2. The van der Waals surface area contributed by atoms with Crippen molar-refractivity contribution < 1.29 is 9.90 Å². The number of rotatable bonds is 2. The molecule has 1 aromatic carbocycles. The average Bonchev–Trinajstić information content (AvgIpc) is 2.98.